The summed E-state index contributed by atoms with van der Waals surface area (Å²) in [5, 5.41) is 4.70. The number of aryl methyl sites for hydroxylation is 1. The first-order valence-electron chi connectivity index (χ1n) is 6.90. The van der Waals surface area contributed by atoms with Gasteiger partial charge in [0.15, 0.2) is 0 Å². The van der Waals surface area contributed by atoms with Gasteiger partial charge in [-0.15, -0.1) is 11.3 Å². The summed E-state index contributed by atoms with van der Waals surface area (Å²) in [7, 11) is 1.78. The van der Waals surface area contributed by atoms with Crippen LogP contribution in [0.2, 0.25) is 0 Å². The molecule has 0 bridgehead atoms. The molecule has 1 fully saturated rings. The van der Waals surface area contributed by atoms with E-state index in [4.69, 9.17) is 9.72 Å². The van der Waals surface area contributed by atoms with E-state index in [-0.39, 0.29) is 5.60 Å². The molecule has 0 spiro atoms. The van der Waals surface area contributed by atoms with Crippen LogP contribution in [0.25, 0.3) is 0 Å². The van der Waals surface area contributed by atoms with Gasteiger partial charge in [-0.2, -0.15) is 0 Å². The lowest BCUT2D eigenvalue weighted by molar-refractivity contribution is -0.00166. The number of nitrogens with one attached hydrogen (secondary N) is 1. The van der Waals surface area contributed by atoms with Crippen molar-refractivity contribution in [2.45, 2.75) is 64.6 Å². The van der Waals surface area contributed by atoms with E-state index in [9.17, 15) is 0 Å². The van der Waals surface area contributed by atoms with Gasteiger partial charge in [0.2, 0.25) is 0 Å². The maximum Gasteiger partial charge on any atom is 0.125 e. The van der Waals surface area contributed by atoms with Crippen molar-refractivity contribution in [1.29, 1.82) is 0 Å². The monoisotopic (exact) mass is 268 g/mol. The lowest BCUT2D eigenvalue weighted by Gasteiger charge is -2.23. The lowest BCUT2D eigenvalue weighted by atomic mass is 10.1. The Bertz CT molecular complexity index is 394. The Morgan fingerprint density at radius 2 is 2.17 bits per heavy atom. The molecule has 4 heteroatoms. The van der Waals surface area contributed by atoms with Gasteiger partial charge in [-0.05, 0) is 32.6 Å². The molecule has 0 radical (unpaired) electrons. The Labute approximate surface area is 114 Å². The smallest absolute Gasteiger partial charge is 0.125 e. The predicted molar refractivity (Wildman–Crippen MR) is 76.0 cm³/mol. The Hall–Kier alpha value is -0.450. The predicted octanol–water partition coefficient (Wildman–Crippen LogP) is 3.23. The highest BCUT2D eigenvalue weighted by molar-refractivity contribution is 7.11. The molecule has 2 rings (SSSR count). The van der Waals surface area contributed by atoms with Gasteiger partial charge >= 0.3 is 0 Å². The molecule has 1 aromatic rings. The summed E-state index contributed by atoms with van der Waals surface area (Å²) in [5.41, 5.74) is 1.01. The zero-order valence-corrected chi connectivity index (χ0v) is 12.7. The first kappa shape index (κ1) is 14.0. The van der Waals surface area contributed by atoms with Gasteiger partial charge in [0.1, 0.15) is 10.6 Å². The zero-order chi connectivity index (χ0) is 13.2. The Morgan fingerprint density at radius 3 is 2.67 bits per heavy atom. The summed E-state index contributed by atoms with van der Waals surface area (Å²) >= 11 is 1.81. The maximum absolute atomic E-state index is 5.65. The van der Waals surface area contributed by atoms with Gasteiger partial charge in [0.25, 0.3) is 0 Å². The summed E-state index contributed by atoms with van der Waals surface area (Å²) in [5.74, 6) is 0. The molecule has 1 saturated carbocycles. The number of hydrogen-bond donors (Lipinski definition) is 1. The van der Waals surface area contributed by atoms with Crippen molar-refractivity contribution in [3.05, 3.63) is 15.6 Å². The quantitative estimate of drug-likeness (QED) is 0.824. The van der Waals surface area contributed by atoms with Crippen LogP contribution in [-0.2, 0) is 23.3 Å². The fourth-order valence-corrected chi connectivity index (χ4v) is 3.23. The normalized spacial score (nSPS) is 18.9. The second-order valence-corrected chi connectivity index (χ2v) is 6.27. The van der Waals surface area contributed by atoms with Crippen molar-refractivity contribution >= 4 is 11.3 Å². The second kappa shape index (κ2) is 5.68. The highest BCUT2D eigenvalue weighted by Crippen LogP contribution is 2.34. The molecule has 0 aliphatic heterocycles. The average Bonchev–Trinajstić information content (AvgIpc) is 3.14. The number of rotatable bonds is 7. The van der Waals surface area contributed by atoms with Gasteiger partial charge < -0.3 is 10.1 Å². The van der Waals surface area contributed by atoms with Crippen LogP contribution in [0.1, 0.15) is 55.6 Å². The molecular formula is C14H24N2OS. The third kappa shape index (κ3) is 2.92. The SMILES string of the molecule is CCc1nc(C(C)(CC)OC)sc1CNC1CC1. The van der Waals surface area contributed by atoms with Crippen LogP contribution in [0.4, 0.5) is 0 Å². The first-order valence-corrected chi connectivity index (χ1v) is 7.72. The molecule has 0 saturated heterocycles. The summed E-state index contributed by atoms with van der Waals surface area (Å²) in [4.78, 5) is 6.18. The van der Waals surface area contributed by atoms with E-state index in [0.29, 0.717) is 0 Å². The fourth-order valence-electron chi connectivity index (χ4n) is 1.93. The molecule has 0 aromatic carbocycles. The summed E-state index contributed by atoms with van der Waals surface area (Å²) in [6.07, 6.45) is 4.62. The molecule has 18 heavy (non-hydrogen) atoms. The molecule has 1 aliphatic rings. The van der Waals surface area contributed by atoms with Gasteiger partial charge in [-0.1, -0.05) is 13.8 Å². The van der Waals surface area contributed by atoms with Gasteiger partial charge in [0.05, 0.1) is 5.69 Å². The molecule has 0 amide bonds. The van der Waals surface area contributed by atoms with Gasteiger partial charge in [-0.25, -0.2) is 4.98 Å². The van der Waals surface area contributed by atoms with Crippen LogP contribution in [0.3, 0.4) is 0 Å². The van der Waals surface area contributed by atoms with Crippen LogP contribution in [-0.4, -0.2) is 18.1 Å². The van der Waals surface area contributed by atoms with Crippen molar-refractivity contribution < 1.29 is 4.74 Å². The van der Waals surface area contributed by atoms with Crippen LogP contribution >= 0.6 is 11.3 Å². The molecular weight excluding hydrogens is 244 g/mol. The van der Waals surface area contributed by atoms with E-state index in [0.717, 1.165) is 30.4 Å². The van der Waals surface area contributed by atoms with Crippen molar-refractivity contribution in [1.82, 2.24) is 10.3 Å². The molecule has 1 heterocycles. The van der Waals surface area contributed by atoms with Crippen molar-refractivity contribution in [3.63, 3.8) is 0 Å². The van der Waals surface area contributed by atoms with Crippen LogP contribution < -0.4 is 5.32 Å². The summed E-state index contributed by atoms with van der Waals surface area (Å²) in [6.45, 7) is 7.42. The van der Waals surface area contributed by atoms with Gasteiger partial charge in [-0.3, -0.25) is 0 Å². The number of thiazole rings is 1. The topological polar surface area (TPSA) is 34.1 Å². The number of ether oxygens (including phenoxy) is 1. The highest BCUT2D eigenvalue weighted by Gasteiger charge is 2.29. The van der Waals surface area contributed by atoms with E-state index in [1.54, 1.807) is 7.11 Å². The molecule has 1 aliphatic carbocycles. The van der Waals surface area contributed by atoms with Crippen molar-refractivity contribution in [2.75, 3.05) is 7.11 Å². The molecule has 1 N–H and O–H groups in total. The standard InChI is InChI=1S/C14H24N2OS/c1-5-11-12(9-15-10-7-8-10)18-13(16-11)14(3,6-2)17-4/h10,15H,5-9H2,1-4H3. The van der Waals surface area contributed by atoms with E-state index in [2.05, 4.69) is 26.1 Å². The van der Waals surface area contributed by atoms with Gasteiger partial charge in [0, 0.05) is 24.6 Å². The minimum Gasteiger partial charge on any atom is -0.371 e. The average molecular weight is 268 g/mol. The molecule has 3 nitrogen and oxygen atoms in total. The molecule has 1 unspecified atom stereocenters. The van der Waals surface area contributed by atoms with Crippen LogP contribution in [0, 0.1) is 0 Å². The maximum atomic E-state index is 5.65. The molecule has 1 aromatic heterocycles. The van der Waals surface area contributed by atoms with Crippen LogP contribution in [0.5, 0.6) is 0 Å². The lowest BCUT2D eigenvalue weighted by Crippen LogP contribution is -2.22. The van der Waals surface area contributed by atoms with E-state index in [1.807, 2.05) is 11.3 Å². The Balaban J connectivity index is 2.15. The number of methoxy groups -OCH3 is 1. The number of hydrogen-bond acceptors (Lipinski definition) is 4. The second-order valence-electron chi connectivity index (χ2n) is 5.19. The highest BCUT2D eigenvalue weighted by atomic mass is 32.1. The zero-order valence-electron chi connectivity index (χ0n) is 11.9. The minimum atomic E-state index is -0.230. The Morgan fingerprint density at radius 1 is 1.44 bits per heavy atom. The van der Waals surface area contributed by atoms with Crippen LogP contribution in [0.15, 0.2) is 0 Å². The van der Waals surface area contributed by atoms with E-state index >= 15 is 0 Å². The number of aromatic nitrogens is 1. The molecule has 1 atom stereocenters. The van der Waals surface area contributed by atoms with Crippen molar-refractivity contribution in [3.8, 4) is 0 Å². The number of nitrogens with zero attached hydrogens (tertiary/aromatic N) is 1. The fraction of sp³-hybridized carbons (Fsp3) is 0.786. The van der Waals surface area contributed by atoms with Crippen molar-refractivity contribution in [2.24, 2.45) is 0 Å². The first-order chi connectivity index (χ1) is 8.62. The largest absolute Gasteiger partial charge is 0.371 e. The van der Waals surface area contributed by atoms with E-state index in [1.165, 1.54) is 23.4 Å². The third-order valence-electron chi connectivity index (χ3n) is 3.82. The summed E-state index contributed by atoms with van der Waals surface area (Å²) < 4.78 is 5.65. The molecule has 102 valence electrons. The summed E-state index contributed by atoms with van der Waals surface area (Å²) in [6, 6.07) is 0.750. The third-order valence-corrected chi connectivity index (χ3v) is 5.16. The van der Waals surface area contributed by atoms with E-state index < -0.39 is 0 Å². The minimum absolute atomic E-state index is 0.230. The Kier molecular flexibility index (Phi) is 4.41.